The molecule has 0 bridgehead atoms. The van der Waals surface area contributed by atoms with Crippen molar-refractivity contribution in [3.63, 3.8) is 0 Å². The zero-order chi connectivity index (χ0) is 15.8. The number of halogens is 1. The van der Waals surface area contributed by atoms with Crippen molar-refractivity contribution < 1.29 is 9.50 Å². The number of allylic oxidation sites excluding steroid dienone is 1. The molecule has 3 saturated carbocycles. The van der Waals surface area contributed by atoms with E-state index in [1.54, 1.807) is 0 Å². The van der Waals surface area contributed by atoms with Gasteiger partial charge in [0.2, 0.25) is 0 Å². The SMILES string of the molecule is C[C@]12CCC(O)CC1=CC[C@H]1[C@@H]3CCC(N)[C@@]3(C)CC[C@]12F. The molecule has 0 aliphatic heterocycles. The summed E-state index contributed by atoms with van der Waals surface area (Å²) in [6.07, 6.45) is 8.80. The van der Waals surface area contributed by atoms with E-state index in [9.17, 15) is 5.11 Å². The molecule has 2 unspecified atom stereocenters. The molecule has 3 heteroatoms. The standard InChI is InChI=1S/C19H30FNO/c1-17-9-10-19(20)15(14(17)5-6-16(17)21)4-3-12-11-13(22)7-8-18(12,19)2/h3,13-16,22H,4-11,21H2,1-2H3/t13?,14-,15-,16?,17-,18-,19-/m0/s1. The van der Waals surface area contributed by atoms with Crippen LogP contribution in [0.15, 0.2) is 11.6 Å². The lowest BCUT2D eigenvalue weighted by molar-refractivity contribution is -0.135. The van der Waals surface area contributed by atoms with Crippen molar-refractivity contribution in [2.45, 2.75) is 83.0 Å². The van der Waals surface area contributed by atoms with Gasteiger partial charge in [0.25, 0.3) is 0 Å². The number of aliphatic hydroxyl groups excluding tert-OH is 1. The average molecular weight is 307 g/mol. The molecule has 0 aromatic carbocycles. The van der Waals surface area contributed by atoms with Crippen molar-refractivity contribution in [3.05, 3.63) is 11.6 Å². The lowest BCUT2D eigenvalue weighted by atomic mass is 9.46. The minimum atomic E-state index is -1.09. The summed E-state index contributed by atoms with van der Waals surface area (Å²) in [7, 11) is 0. The maximum atomic E-state index is 16.4. The Morgan fingerprint density at radius 2 is 1.91 bits per heavy atom. The molecule has 0 spiro atoms. The minimum Gasteiger partial charge on any atom is -0.393 e. The first-order chi connectivity index (χ1) is 10.3. The maximum absolute atomic E-state index is 16.4. The summed E-state index contributed by atoms with van der Waals surface area (Å²) in [6.45, 7) is 4.44. The lowest BCUT2D eigenvalue weighted by Gasteiger charge is -2.61. The van der Waals surface area contributed by atoms with Crippen molar-refractivity contribution in [1.29, 1.82) is 0 Å². The summed E-state index contributed by atoms with van der Waals surface area (Å²) in [5.41, 5.74) is 6.28. The van der Waals surface area contributed by atoms with Gasteiger partial charge in [-0.05, 0) is 62.7 Å². The molecular formula is C19H30FNO. The van der Waals surface area contributed by atoms with Crippen LogP contribution in [0.25, 0.3) is 0 Å². The highest BCUT2D eigenvalue weighted by molar-refractivity contribution is 5.31. The van der Waals surface area contributed by atoms with Crippen LogP contribution in [0.4, 0.5) is 4.39 Å². The van der Waals surface area contributed by atoms with Crippen LogP contribution in [-0.4, -0.2) is 22.9 Å². The summed E-state index contributed by atoms with van der Waals surface area (Å²) >= 11 is 0. The van der Waals surface area contributed by atoms with E-state index in [0.29, 0.717) is 18.8 Å². The Labute approximate surface area is 133 Å². The summed E-state index contributed by atoms with van der Waals surface area (Å²) in [5, 5.41) is 9.99. The van der Waals surface area contributed by atoms with E-state index in [2.05, 4.69) is 19.9 Å². The van der Waals surface area contributed by atoms with Gasteiger partial charge in [-0.1, -0.05) is 25.5 Å². The van der Waals surface area contributed by atoms with Crippen LogP contribution in [0, 0.1) is 22.7 Å². The van der Waals surface area contributed by atoms with E-state index in [-0.39, 0.29) is 28.9 Å². The fraction of sp³-hybridized carbons (Fsp3) is 0.895. The first-order valence-electron chi connectivity index (χ1n) is 9.13. The van der Waals surface area contributed by atoms with Crippen LogP contribution in [0.3, 0.4) is 0 Å². The molecule has 7 atom stereocenters. The van der Waals surface area contributed by atoms with Gasteiger partial charge in [-0.15, -0.1) is 0 Å². The van der Waals surface area contributed by atoms with Crippen LogP contribution in [0.1, 0.15) is 65.2 Å². The molecule has 0 aromatic heterocycles. The molecule has 4 rings (SSSR count). The molecule has 124 valence electrons. The first kappa shape index (κ1) is 15.1. The monoisotopic (exact) mass is 307 g/mol. The number of aliphatic hydroxyl groups is 1. The predicted molar refractivity (Wildman–Crippen MR) is 86.0 cm³/mol. The molecule has 2 nitrogen and oxygen atoms in total. The fourth-order valence-electron chi connectivity index (χ4n) is 6.57. The largest absolute Gasteiger partial charge is 0.393 e. The average Bonchev–Trinajstić information content (AvgIpc) is 2.77. The Kier molecular flexibility index (Phi) is 3.14. The van der Waals surface area contributed by atoms with E-state index in [0.717, 1.165) is 38.5 Å². The smallest absolute Gasteiger partial charge is 0.123 e. The summed E-state index contributed by atoms with van der Waals surface area (Å²) in [6, 6.07) is 0.244. The normalized spacial score (nSPS) is 57.6. The van der Waals surface area contributed by atoms with Gasteiger partial charge in [0.05, 0.1) is 6.10 Å². The quantitative estimate of drug-likeness (QED) is 0.670. The molecule has 0 saturated heterocycles. The van der Waals surface area contributed by atoms with Crippen LogP contribution in [-0.2, 0) is 0 Å². The Morgan fingerprint density at radius 3 is 2.68 bits per heavy atom. The van der Waals surface area contributed by atoms with Crippen LogP contribution < -0.4 is 5.73 Å². The maximum Gasteiger partial charge on any atom is 0.123 e. The molecule has 22 heavy (non-hydrogen) atoms. The third kappa shape index (κ3) is 1.67. The lowest BCUT2D eigenvalue weighted by Crippen LogP contribution is -2.61. The van der Waals surface area contributed by atoms with Gasteiger partial charge in [-0.2, -0.15) is 0 Å². The first-order valence-corrected chi connectivity index (χ1v) is 9.13. The molecule has 0 aromatic rings. The second-order valence-electron chi connectivity index (χ2n) is 8.96. The van der Waals surface area contributed by atoms with Crippen molar-refractivity contribution in [1.82, 2.24) is 0 Å². The van der Waals surface area contributed by atoms with Gasteiger partial charge in [-0.25, -0.2) is 4.39 Å². The molecule has 0 radical (unpaired) electrons. The van der Waals surface area contributed by atoms with Gasteiger partial charge in [0, 0.05) is 17.4 Å². The van der Waals surface area contributed by atoms with Gasteiger partial charge >= 0.3 is 0 Å². The fourth-order valence-corrected chi connectivity index (χ4v) is 6.57. The van der Waals surface area contributed by atoms with Gasteiger partial charge in [0.1, 0.15) is 5.67 Å². The minimum absolute atomic E-state index is 0.129. The van der Waals surface area contributed by atoms with Gasteiger partial charge in [-0.3, -0.25) is 0 Å². The number of hydrogen-bond acceptors (Lipinski definition) is 2. The molecule has 3 N–H and O–H groups in total. The van der Waals surface area contributed by atoms with Crippen LogP contribution in [0.5, 0.6) is 0 Å². The summed E-state index contributed by atoms with van der Waals surface area (Å²) in [4.78, 5) is 0. The van der Waals surface area contributed by atoms with Gasteiger partial charge < -0.3 is 10.8 Å². The topological polar surface area (TPSA) is 46.2 Å². The predicted octanol–water partition coefficient (Wildman–Crippen LogP) is 3.73. The second kappa shape index (κ2) is 4.57. The van der Waals surface area contributed by atoms with E-state index in [4.69, 9.17) is 5.73 Å². The van der Waals surface area contributed by atoms with E-state index in [1.165, 1.54) is 5.57 Å². The third-order valence-electron chi connectivity index (χ3n) is 8.26. The molecule has 3 fully saturated rings. The Bertz CT molecular complexity index is 520. The molecule has 4 aliphatic carbocycles. The van der Waals surface area contributed by atoms with Crippen molar-refractivity contribution in [2.24, 2.45) is 28.4 Å². The van der Waals surface area contributed by atoms with Crippen molar-refractivity contribution in [2.75, 3.05) is 0 Å². The molecule has 0 heterocycles. The van der Waals surface area contributed by atoms with E-state index < -0.39 is 5.67 Å². The number of fused-ring (bicyclic) bond motifs is 5. The highest BCUT2D eigenvalue weighted by atomic mass is 19.1. The summed E-state index contributed by atoms with van der Waals surface area (Å²) in [5.74, 6) is 0.562. The number of hydrogen-bond donors (Lipinski definition) is 2. The van der Waals surface area contributed by atoms with Crippen molar-refractivity contribution in [3.8, 4) is 0 Å². The van der Waals surface area contributed by atoms with E-state index in [1.807, 2.05) is 0 Å². The molecule has 4 aliphatic rings. The highest BCUT2D eigenvalue weighted by Crippen LogP contribution is 2.67. The van der Waals surface area contributed by atoms with Gasteiger partial charge in [0.15, 0.2) is 0 Å². The Hall–Kier alpha value is -0.410. The molecular weight excluding hydrogens is 277 g/mol. The highest BCUT2D eigenvalue weighted by Gasteiger charge is 2.66. The molecule has 0 amide bonds. The zero-order valence-electron chi connectivity index (χ0n) is 13.9. The van der Waals surface area contributed by atoms with Crippen molar-refractivity contribution >= 4 is 0 Å². The Morgan fingerprint density at radius 1 is 1.14 bits per heavy atom. The number of nitrogens with two attached hydrogens (primary N) is 1. The van der Waals surface area contributed by atoms with E-state index >= 15 is 4.39 Å². The Balaban J connectivity index is 1.75. The summed E-state index contributed by atoms with van der Waals surface area (Å²) < 4.78 is 16.4. The second-order valence-corrected chi connectivity index (χ2v) is 8.96. The van der Waals surface area contributed by atoms with Crippen LogP contribution in [0.2, 0.25) is 0 Å². The van der Waals surface area contributed by atoms with Crippen LogP contribution >= 0.6 is 0 Å². The zero-order valence-corrected chi connectivity index (χ0v) is 13.9. The number of alkyl halides is 1. The third-order valence-corrected chi connectivity index (χ3v) is 8.26. The number of rotatable bonds is 0.